The Morgan fingerprint density at radius 3 is 1.86 bits per heavy atom. The van der Waals surface area contributed by atoms with Crippen molar-refractivity contribution < 1.29 is 18.9 Å². The first-order valence-corrected chi connectivity index (χ1v) is 10.3. The standard InChI is InChI=1S/C16H26O4S.K.H/c1-5-21(6-2,7-3,8-4)20-16(19)14-11-9-10-13(12-14)15(17)18;;/h9-12,21H,5-8H2,1-4H3,(H,17,18);;. The molecular weight excluding hydrogens is 327 g/mol. The summed E-state index contributed by atoms with van der Waals surface area (Å²) in [4.78, 5) is 23.5. The molecule has 0 saturated carbocycles. The molecule has 1 N–H and O–H groups in total. The number of hydrogen-bond acceptors (Lipinski definition) is 3. The Morgan fingerprint density at radius 2 is 1.45 bits per heavy atom. The van der Waals surface area contributed by atoms with Crippen LogP contribution in [-0.2, 0) is 4.18 Å². The number of hydrogen-bond donors (Lipinski definition) is 2. The Hall–Kier alpha value is 0.146. The Balaban J connectivity index is 0.00000441. The molecule has 0 spiro atoms. The number of carbonyl (C=O) groups excluding carboxylic acids is 1. The van der Waals surface area contributed by atoms with Crippen LogP contribution in [0, 0.1) is 0 Å². The van der Waals surface area contributed by atoms with Crippen LogP contribution in [0.1, 0.15) is 48.4 Å². The van der Waals surface area contributed by atoms with Gasteiger partial charge in [0.2, 0.25) is 0 Å². The molecule has 1 rings (SSSR count). The van der Waals surface area contributed by atoms with E-state index in [0.29, 0.717) is 5.56 Å². The summed E-state index contributed by atoms with van der Waals surface area (Å²) in [6, 6.07) is 6.03. The summed E-state index contributed by atoms with van der Waals surface area (Å²) < 4.78 is 6.04. The van der Waals surface area contributed by atoms with E-state index in [1.54, 1.807) is 12.1 Å². The maximum atomic E-state index is 12.5. The van der Waals surface area contributed by atoms with Gasteiger partial charge in [0.15, 0.2) is 0 Å². The molecule has 1 aromatic rings. The summed E-state index contributed by atoms with van der Waals surface area (Å²) >= 11 is 0. The summed E-state index contributed by atoms with van der Waals surface area (Å²) in [5, 5.41) is 9.02. The number of carboxylic acid groups (broad SMARTS) is 1. The van der Waals surface area contributed by atoms with Gasteiger partial charge in [-0.05, 0) is 41.2 Å². The molecule has 0 aliphatic heterocycles. The Morgan fingerprint density at radius 1 is 1.00 bits per heavy atom. The first kappa shape index (κ1) is 22.1. The Kier molecular flexibility index (Phi) is 8.91. The van der Waals surface area contributed by atoms with Crippen molar-refractivity contribution in [3.05, 3.63) is 35.4 Å². The third-order valence-corrected chi connectivity index (χ3v) is 12.0. The van der Waals surface area contributed by atoms with Gasteiger partial charge in [-0.3, -0.25) is 0 Å². The molecule has 0 amide bonds. The minimum absolute atomic E-state index is 0. The third-order valence-electron chi connectivity index (χ3n) is 4.89. The Bertz CT molecular complexity index is 517. The number of rotatable bonds is 7. The van der Waals surface area contributed by atoms with E-state index in [2.05, 4.69) is 27.7 Å². The minimum atomic E-state index is -2.51. The average Bonchev–Trinajstić information content (AvgIpc) is 2.53. The number of carboxylic acids is 1. The third kappa shape index (κ3) is 4.58. The molecule has 0 fully saturated rings. The summed E-state index contributed by atoms with van der Waals surface area (Å²) in [5.74, 6) is 2.00. The van der Waals surface area contributed by atoms with Gasteiger partial charge in [0, 0.05) is 0 Å². The van der Waals surface area contributed by atoms with Gasteiger partial charge in [-0.1, -0.05) is 33.8 Å². The molecule has 0 aliphatic rings. The number of carbonyl (C=O) groups is 2. The monoisotopic (exact) mass is 354 g/mol. The van der Waals surface area contributed by atoms with E-state index in [0.717, 1.165) is 23.0 Å². The van der Waals surface area contributed by atoms with Crippen LogP contribution in [0.4, 0.5) is 0 Å². The van der Waals surface area contributed by atoms with Crippen molar-refractivity contribution >= 4 is 72.8 Å². The quantitative estimate of drug-likeness (QED) is 0.584. The summed E-state index contributed by atoms with van der Waals surface area (Å²) in [5.41, 5.74) is 0.415. The van der Waals surface area contributed by atoms with E-state index in [9.17, 15) is 9.59 Å². The topological polar surface area (TPSA) is 63.6 Å². The van der Waals surface area contributed by atoms with Crippen molar-refractivity contribution in [1.82, 2.24) is 0 Å². The predicted molar refractivity (Wildman–Crippen MR) is 97.1 cm³/mol. The van der Waals surface area contributed by atoms with Crippen LogP contribution < -0.4 is 0 Å². The molecule has 122 valence electrons. The first-order chi connectivity index (χ1) is 9.85. The van der Waals surface area contributed by atoms with E-state index in [4.69, 9.17) is 9.29 Å². The molecule has 0 heterocycles. The zero-order valence-electron chi connectivity index (χ0n) is 13.3. The first-order valence-electron chi connectivity index (χ1n) is 7.43. The van der Waals surface area contributed by atoms with Crippen LogP contribution >= 0.6 is 9.44 Å². The van der Waals surface area contributed by atoms with Gasteiger partial charge in [0.05, 0.1) is 11.1 Å². The van der Waals surface area contributed by atoms with Gasteiger partial charge < -0.3 is 9.29 Å². The van der Waals surface area contributed by atoms with Crippen molar-refractivity contribution in [1.29, 1.82) is 0 Å². The van der Waals surface area contributed by atoms with Crippen molar-refractivity contribution in [3.63, 3.8) is 0 Å². The zero-order chi connectivity index (χ0) is 16.1. The van der Waals surface area contributed by atoms with E-state index in [-0.39, 0.29) is 56.9 Å². The van der Waals surface area contributed by atoms with Crippen LogP contribution in [0.5, 0.6) is 0 Å². The molecule has 0 saturated heterocycles. The molecule has 0 radical (unpaired) electrons. The molecule has 6 heteroatoms. The van der Waals surface area contributed by atoms with E-state index in [1.165, 1.54) is 12.1 Å². The second-order valence-corrected chi connectivity index (χ2v) is 11.8. The second-order valence-electron chi connectivity index (χ2n) is 5.39. The van der Waals surface area contributed by atoms with Crippen molar-refractivity contribution in [3.8, 4) is 0 Å². The zero-order valence-corrected chi connectivity index (χ0v) is 14.2. The predicted octanol–water partition coefficient (Wildman–Crippen LogP) is 2.96. The number of benzene rings is 1. The van der Waals surface area contributed by atoms with Crippen LogP contribution in [0.15, 0.2) is 24.3 Å². The van der Waals surface area contributed by atoms with Crippen molar-refractivity contribution in [2.75, 3.05) is 23.0 Å². The molecule has 0 unspecified atom stereocenters. The molecular formula is C16H27KO4S. The molecule has 0 bridgehead atoms. The van der Waals surface area contributed by atoms with E-state index < -0.39 is 21.4 Å². The van der Waals surface area contributed by atoms with Crippen molar-refractivity contribution in [2.45, 2.75) is 27.7 Å². The molecule has 0 aromatic heterocycles. The maximum absolute atomic E-state index is 12.5. The van der Waals surface area contributed by atoms with Gasteiger partial charge in [0.25, 0.3) is 0 Å². The summed E-state index contributed by atoms with van der Waals surface area (Å²) in [6.45, 7) is 8.31. The summed E-state index contributed by atoms with van der Waals surface area (Å²) in [6.07, 6.45) is 0. The van der Waals surface area contributed by atoms with Crippen LogP contribution in [0.2, 0.25) is 0 Å². The molecule has 22 heavy (non-hydrogen) atoms. The van der Waals surface area contributed by atoms with Gasteiger partial charge in [-0.15, -0.1) is 0 Å². The molecule has 0 atom stereocenters. The summed E-state index contributed by atoms with van der Waals surface area (Å²) in [7, 11) is -2.51. The molecule has 4 nitrogen and oxygen atoms in total. The number of aromatic carboxylic acids is 1. The van der Waals surface area contributed by atoms with Gasteiger partial charge in [-0.25, -0.2) is 9.59 Å². The Labute approximate surface area is 175 Å². The van der Waals surface area contributed by atoms with Crippen LogP contribution in [-0.4, -0.2) is 91.4 Å². The SMILES string of the molecule is CC[SH](CC)(CC)(CC)OC(=O)c1cccc(C(=O)O)c1.[KH]. The fraction of sp³-hybridized carbons (Fsp3) is 0.500. The number of thiol groups is 1. The molecule has 1 aromatic carbocycles. The average molecular weight is 355 g/mol. The fourth-order valence-corrected chi connectivity index (χ4v) is 6.44. The van der Waals surface area contributed by atoms with E-state index in [1.807, 2.05) is 0 Å². The molecule has 0 aliphatic carbocycles. The van der Waals surface area contributed by atoms with Crippen molar-refractivity contribution in [2.24, 2.45) is 0 Å². The normalized spacial score (nSPS) is 12.6. The van der Waals surface area contributed by atoms with E-state index >= 15 is 0 Å². The van der Waals surface area contributed by atoms with Gasteiger partial charge in [0.1, 0.15) is 0 Å². The van der Waals surface area contributed by atoms with Crippen LogP contribution in [0.25, 0.3) is 0 Å². The van der Waals surface area contributed by atoms with Gasteiger partial charge >= 0.3 is 63.3 Å². The fourth-order valence-electron chi connectivity index (χ4n) is 2.67. The second kappa shape index (κ2) is 8.85. The van der Waals surface area contributed by atoms with Gasteiger partial charge in [-0.2, -0.15) is 9.44 Å². The van der Waals surface area contributed by atoms with Crippen LogP contribution in [0.3, 0.4) is 0 Å².